The summed E-state index contributed by atoms with van der Waals surface area (Å²) in [5.41, 5.74) is -1.60. The highest BCUT2D eigenvalue weighted by molar-refractivity contribution is 7.93. The second kappa shape index (κ2) is 5.84. The number of hydrogen-bond acceptors (Lipinski definition) is 5. The molecule has 0 aliphatic carbocycles. The summed E-state index contributed by atoms with van der Waals surface area (Å²) in [7, 11) is -3.67. The molecule has 9 heteroatoms. The molecule has 6 nitrogen and oxygen atoms in total. The van der Waals surface area contributed by atoms with Crippen LogP contribution in [0.2, 0.25) is 0 Å². The molecule has 1 aliphatic heterocycles. The summed E-state index contributed by atoms with van der Waals surface area (Å²) in [6.45, 7) is 4.37. The molecule has 0 bridgehead atoms. The van der Waals surface area contributed by atoms with E-state index in [4.69, 9.17) is 4.74 Å². The average Bonchev–Trinajstić information content (AvgIpc) is 3.02. The number of rotatable bonds is 3. The highest BCUT2D eigenvalue weighted by Crippen LogP contribution is 2.48. The Bertz CT molecular complexity index is 884. The first-order valence-corrected chi connectivity index (χ1v) is 9.32. The summed E-state index contributed by atoms with van der Waals surface area (Å²) < 4.78 is 59.9. The van der Waals surface area contributed by atoms with Gasteiger partial charge in [-0.15, -0.1) is 0 Å². The zero-order valence-corrected chi connectivity index (χ0v) is 14.9. The lowest BCUT2D eigenvalue weighted by atomic mass is 9.81. The van der Waals surface area contributed by atoms with Gasteiger partial charge in [0, 0.05) is 11.6 Å². The minimum atomic E-state index is -3.67. The van der Waals surface area contributed by atoms with Crippen LogP contribution in [0.5, 0.6) is 0 Å². The maximum absolute atomic E-state index is 14.6. The van der Waals surface area contributed by atoms with Gasteiger partial charge in [-0.05, 0) is 26.8 Å². The molecule has 1 aliphatic rings. The van der Waals surface area contributed by atoms with E-state index in [0.717, 1.165) is 12.1 Å². The molecule has 0 N–H and O–H groups in total. The van der Waals surface area contributed by atoms with Gasteiger partial charge in [-0.1, -0.05) is 6.07 Å². The highest BCUT2D eigenvalue weighted by atomic mass is 32.2. The normalized spacial score (nSPS) is 28.0. The van der Waals surface area contributed by atoms with E-state index in [2.05, 4.69) is 10.1 Å². The number of aromatic nitrogens is 3. The molecule has 2 aromatic rings. The lowest BCUT2D eigenvalue weighted by Gasteiger charge is -2.50. The predicted molar refractivity (Wildman–Crippen MR) is 86.5 cm³/mol. The predicted octanol–water partition coefficient (Wildman–Crippen LogP) is 2.06. The third-order valence-corrected chi connectivity index (χ3v) is 7.94. The van der Waals surface area contributed by atoms with Crippen LogP contribution in [0.15, 0.2) is 30.9 Å². The SMILES string of the molecule is CC1CO[C@](Cn2cncn2)(c2ccc(F)cc2F)C(C)(C)S1(=O)=O. The molecule has 1 aromatic carbocycles. The van der Waals surface area contributed by atoms with E-state index in [1.165, 1.54) is 37.3 Å². The fourth-order valence-corrected chi connectivity index (χ4v) is 5.28. The van der Waals surface area contributed by atoms with E-state index >= 15 is 0 Å². The van der Waals surface area contributed by atoms with Gasteiger partial charge in [0.25, 0.3) is 0 Å². The lowest BCUT2D eigenvalue weighted by Crippen LogP contribution is -2.63. The first-order chi connectivity index (χ1) is 11.6. The summed E-state index contributed by atoms with van der Waals surface area (Å²) in [5.74, 6) is -1.61. The molecule has 0 radical (unpaired) electrons. The number of hydrogen-bond donors (Lipinski definition) is 0. The second-order valence-electron chi connectivity index (χ2n) is 6.72. The maximum Gasteiger partial charge on any atom is 0.163 e. The summed E-state index contributed by atoms with van der Waals surface area (Å²) >= 11 is 0. The number of nitrogens with zero attached hydrogens (tertiary/aromatic N) is 3. The largest absolute Gasteiger partial charge is 0.365 e. The Morgan fingerprint density at radius 1 is 1.36 bits per heavy atom. The van der Waals surface area contributed by atoms with Crippen LogP contribution in [0.3, 0.4) is 0 Å². The molecule has 0 spiro atoms. The Hall–Kier alpha value is -1.87. The minimum Gasteiger partial charge on any atom is -0.365 e. The van der Waals surface area contributed by atoms with E-state index in [-0.39, 0.29) is 18.7 Å². The van der Waals surface area contributed by atoms with Gasteiger partial charge in [0.1, 0.15) is 34.6 Å². The molecule has 25 heavy (non-hydrogen) atoms. The van der Waals surface area contributed by atoms with Crippen LogP contribution in [0, 0.1) is 11.6 Å². The molecule has 1 unspecified atom stereocenters. The van der Waals surface area contributed by atoms with Crippen LogP contribution < -0.4 is 0 Å². The number of sulfone groups is 1. The van der Waals surface area contributed by atoms with Crippen molar-refractivity contribution in [1.82, 2.24) is 14.8 Å². The Labute approximate surface area is 144 Å². The van der Waals surface area contributed by atoms with Crippen molar-refractivity contribution in [2.45, 2.75) is 42.9 Å². The first-order valence-electron chi connectivity index (χ1n) is 7.77. The Morgan fingerprint density at radius 2 is 2.08 bits per heavy atom. The van der Waals surface area contributed by atoms with Crippen molar-refractivity contribution in [1.29, 1.82) is 0 Å². The van der Waals surface area contributed by atoms with Crippen LogP contribution in [0.25, 0.3) is 0 Å². The third kappa shape index (κ3) is 2.56. The number of ether oxygens (including phenoxy) is 1. The second-order valence-corrected chi connectivity index (χ2v) is 9.64. The fraction of sp³-hybridized carbons (Fsp3) is 0.500. The van der Waals surface area contributed by atoms with Gasteiger partial charge >= 0.3 is 0 Å². The van der Waals surface area contributed by atoms with Gasteiger partial charge in [0.05, 0.1) is 18.4 Å². The van der Waals surface area contributed by atoms with Gasteiger partial charge in [-0.3, -0.25) is 0 Å². The van der Waals surface area contributed by atoms with E-state index < -0.39 is 37.1 Å². The van der Waals surface area contributed by atoms with Crippen LogP contribution in [0.4, 0.5) is 8.78 Å². The maximum atomic E-state index is 14.6. The molecule has 136 valence electrons. The number of halogens is 2. The topological polar surface area (TPSA) is 74.1 Å². The molecule has 3 rings (SSSR count). The molecule has 2 heterocycles. The first kappa shape index (κ1) is 17.9. The Kier molecular flexibility index (Phi) is 4.19. The monoisotopic (exact) mass is 371 g/mol. The standard InChI is InChI=1S/C16H19F2N3O3S/c1-11-7-24-16(8-21-10-19-9-20-21,15(2,3)25(11,22)23)13-5-4-12(17)6-14(13)18/h4-6,9-11H,7-8H2,1-3H3/t11?,16-/m1/s1. The van der Waals surface area contributed by atoms with E-state index in [1.54, 1.807) is 6.92 Å². The lowest BCUT2D eigenvalue weighted by molar-refractivity contribution is -0.0998. The molecule has 1 fully saturated rings. The molecule has 0 saturated carbocycles. The van der Waals surface area contributed by atoms with Gasteiger partial charge in [0.2, 0.25) is 0 Å². The quantitative estimate of drug-likeness (QED) is 0.826. The van der Waals surface area contributed by atoms with Crippen LogP contribution in [-0.2, 0) is 26.7 Å². The van der Waals surface area contributed by atoms with E-state index in [9.17, 15) is 17.2 Å². The minimum absolute atomic E-state index is 0.0233. The smallest absolute Gasteiger partial charge is 0.163 e. The van der Waals surface area contributed by atoms with Crippen molar-refractivity contribution in [2.75, 3.05) is 6.61 Å². The van der Waals surface area contributed by atoms with Gasteiger partial charge in [-0.2, -0.15) is 5.10 Å². The van der Waals surface area contributed by atoms with Crippen LogP contribution >= 0.6 is 0 Å². The molecule has 1 saturated heterocycles. The van der Waals surface area contributed by atoms with Crippen molar-refractivity contribution < 1.29 is 21.9 Å². The van der Waals surface area contributed by atoms with Crippen molar-refractivity contribution in [3.05, 3.63) is 48.1 Å². The fourth-order valence-electron chi connectivity index (χ4n) is 3.34. The van der Waals surface area contributed by atoms with Gasteiger partial charge < -0.3 is 4.74 Å². The molecule has 1 aromatic heterocycles. The Morgan fingerprint density at radius 3 is 2.68 bits per heavy atom. The summed E-state index contributed by atoms with van der Waals surface area (Å²) in [6.07, 6.45) is 2.69. The summed E-state index contributed by atoms with van der Waals surface area (Å²) in [4.78, 5) is 3.84. The molecule has 2 atom stereocenters. The van der Waals surface area contributed by atoms with Crippen LogP contribution in [-0.4, -0.2) is 39.8 Å². The van der Waals surface area contributed by atoms with Crippen molar-refractivity contribution in [3.8, 4) is 0 Å². The molecular formula is C16H19F2N3O3S. The van der Waals surface area contributed by atoms with E-state index in [1.807, 2.05) is 0 Å². The van der Waals surface area contributed by atoms with Gasteiger partial charge in [-0.25, -0.2) is 26.9 Å². The average molecular weight is 371 g/mol. The van der Waals surface area contributed by atoms with Gasteiger partial charge in [0.15, 0.2) is 9.84 Å². The van der Waals surface area contributed by atoms with Crippen molar-refractivity contribution in [3.63, 3.8) is 0 Å². The van der Waals surface area contributed by atoms with E-state index in [0.29, 0.717) is 0 Å². The zero-order valence-electron chi connectivity index (χ0n) is 14.1. The zero-order chi connectivity index (χ0) is 18.5. The van der Waals surface area contributed by atoms with Crippen LogP contribution in [0.1, 0.15) is 26.3 Å². The summed E-state index contributed by atoms with van der Waals surface area (Å²) in [5, 5.41) is 3.25. The summed E-state index contributed by atoms with van der Waals surface area (Å²) in [6, 6.07) is 3.04. The molecule has 0 amide bonds. The van der Waals surface area contributed by atoms with Crippen molar-refractivity contribution >= 4 is 9.84 Å². The van der Waals surface area contributed by atoms with Crippen molar-refractivity contribution in [2.24, 2.45) is 0 Å². The number of benzene rings is 1. The Balaban J connectivity index is 2.26. The molecular weight excluding hydrogens is 352 g/mol. The highest BCUT2D eigenvalue weighted by Gasteiger charge is 2.61. The third-order valence-electron chi connectivity index (χ3n) is 5.00.